The van der Waals surface area contributed by atoms with Crippen LogP contribution in [0, 0.1) is 17.1 Å². The van der Waals surface area contributed by atoms with Crippen LogP contribution in [0.2, 0.25) is 10.0 Å². The van der Waals surface area contributed by atoms with Crippen molar-refractivity contribution in [3.8, 4) is 6.07 Å². The lowest BCUT2D eigenvalue weighted by Gasteiger charge is -2.26. The molecule has 2 fully saturated rings. The third-order valence-electron chi connectivity index (χ3n) is 7.45. The number of nitrogens with zero attached hydrogens (tertiary/aromatic N) is 7. The van der Waals surface area contributed by atoms with Crippen LogP contribution in [0.15, 0.2) is 48.1 Å². The van der Waals surface area contributed by atoms with Crippen molar-refractivity contribution in [2.45, 2.75) is 12.1 Å². The molecule has 5 heterocycles. The van der Waals surface area contributed by atoms with E-state index < -0.39 is 11.9 Å². The number of pyridine rings is 1. The zero-order valence-corrected chi connectivity index (χ0v) is 25.3. The van der Waals surface area contributed by atoms with Crippen molar-refractivity contribution < 1.29 is 13.9 Å². The number of ether oxygens (including phenoxy) is 2. The van der Waals surface area contributed by atoms with Gasteiger partial charge >= 0.3 is 0 Å². The van der Waals surface area contributed by atoms with Gasteiger partial charge < -0.3 is 25.0 Å². The summed E-state index contributed by atoms with van der Waals surface area (Å²) in [5.74, 6) is -0.543. The molecular formula is C29H24Cl2FN9O2S. The van der Waals surface area contributed by atoms with E-state index in [1.165, 1.54) is 18.3 Å². The number of hydrogen-bond acceptors (Lipinski definition) is 11. The highest BCUT2D eigenvalue weighted by atomic mass is 35.5. The fourth-order valence-corrected chi connectivity index (χ4v) is 6.39. The molecular weight excluding hydrogens is 628 g/mol. The maximum absolute atomic E-state index is 13.8. The zero-order valence-electron chi connectivity index (χ0n) is 23.0. The van der Waals surface area contributed by atoms with E-state index in [4.69, 9.17) is 37.7 Å². The van der Waals surface area contributed by atoms with Crippen LogP contribution >= 0.6 is 34.5 Å². The maximum Gasteiger partial charge on any atom is 0.185 e. The van der Waals surface area contributed by atoms with Gasteiger partial charge in [0.15, 0.2) is 5.13 Å². The smallest absolute Gasteiger partial charge is 0.185 e. The summed E-state index contributed by atoms with van der Waals surface area (Å²) < 4.78 is 26.5. The molecule has 0 spiro atoms. The van der Waals surface area contributed by atoms with Crippen LogP contribution in [0.4, 0.5) is 26.6 Å². The number of benzene rings is 2. The topological polar surface area (TPSA) is 126 Å². The lowest BCUT2D eigenvalue weighted by molar-refractivity contribution is -0.0293. The molecule has 0 saturated carbocycles. The van der Waals surface area contributed by atoms with Gasteiger partial charge in [-0.25, -0.2) is 14.1 Å². The molecule has 2 N–H and O–H groups in total. The summed E-state index contributed by atoms with van der Waals surface area (Å²) in [5.41, 5.74) is 3.82. The third-order valence-corrected chi connectivity index (χ3v) is 8.95. The number of hydrogen-bond donors (Lipinski definition) is 2. The molecule has 2 saturated heterocycles. The third kappa shape index (κ3) is 5.62. The molecule has 0 bridgehead atoms. The Labute approximate surface area is 265 Å². The maximum atomic E-state index is 13.8. The molecule has 7 rings (SSSR count). The summed E-state index contributed by atoms with van der Waals surface area (Å²) in [6.07, 6.45) is 3.35. The summed E-state index contributed by atoms with van der Waals surface area (Å²) in [6.45, 7) is 4.02. The lowest BCUT2D eigenvalue weighted by atomic mass is 10.1. The number of aromatic nitrogens is 5. The molecule has 1 atom stereocenters. The van der Waals surface area contributed by atoms with Gasteiger partial charge in [-0.15, -0.1) is 16.4 Å². The monoisotopic (exact) mass is 651 g/mol. The largest absolute Gasteiger partial charge is 0.378 e. The first-order valence-corrected chi connectivity index (χ1v) is 15.4. The molecule has 0 aliphatic carbocycles. The highest BCUT2D eigenvalue weighted by Gasteiger charge is 2.27. The molecule has 11 nitrogen and oxygen atoms in total. The van der Waals surface area contributed by atoms with Gasteiger partial charge in [-0.3, -0.25) is 4.98 Å². The van der Waals surface area contributed by atoms with Crippen molar-refractivity contribution >= 4 is 67.6 Å². The number of halogens is 3. The summed E-state index contributed by atoms with van der Waals surface area (Å²) in [6, 6.07) is 9.72. The molecule has 2 aliphatic heterocycles. The quantitative estimate of drug-likeness (QED) is 0.208. The molecule has 15 heteroatoms. The average Bonchev–Trinajstić information content (AvgIpc) is 3.69. The summed E-state index contributed by atoms with van der Waals surface area (Å²) in [4.78, 5) is 11.6. The van der Waals surface area contributed by atoms with E-state index in [0.717, 1.165) is 23.9 Å². The second kappa shape index (κ2) is 12.1. The van der Waals surface area contributed by atoms with Gasteiger partial charge in [0.2, 0.25) is 0 Å². The minimum Gasteiger partial charge on any atom is -0.378 e. The molecule has 2 aromatic carbocycles. The zero-order chi connectivity index (χ0) is 30.2. The number of nitrogens with one attached hydrogen (secondary N) is 2. The van der Waals surface area contributed by atoms with E-state index >= 15 is 0 Å². The first kappa shape index (κ1) is 28.7. The molecule has 3 aromatic heterocycles. The van der Waals surface area contributed by atoms with Gasteiger partial charge in [0.25, 0.3) is 0 Å². The molecule has 224 valence electrons. The summed E-state index contributed by atoms with van der Waals surface area (Å²) in [5, 5.41) is 29.4. The second-order valence-corrected chi connectivity index (χ2v) is 12.0. The van der Waals surface area contributed by atoms with Crippen molar-refractivity contribution in [3.63, 3.8) is 0 Å². The van der Waals surface area contributed by atoms with Crippen LogP contribution in [0.3, 0.4) is 0 Å². The van der Waals surface area contributed by atoms with Crippen molar-refractivity contribution in [2.24, 2.45) is 0 Å². The van der Waals surface area contributed by atoms with Crippen LogP contribution in [0.1, 0.15) is 29.0 Å². The normalized spacial score (nSPS) is 16.0. The minimum atomic E-state index is -0.543. The number of fused-ring (bicyclic) bond motifs is 1. The van der Waals surface area contributed by atoms with Crippen LogP contribution in [-0.4, -0.2) is 64.5 Å². The molecule has 0 amide bonds. The number of nitriles is 1. The number of rotatable bonds is 8. The van der Waals surface area contributed by atoms with Crippen LogP contribution < -0.4 is 15.5 Å². The minimum absolute atomic E-state index is 0.0451. The van der Waals surface area contributed by atoms with E-state index in [1.54, 1.807) is 23.5 Å². The van der Waals surface area contributed by atoms with Gasteiger partial charge in [0.1, 0.15) is 29.7 Å². The second-order valence-electron chi connectivity index (χ2n) is 10.3. The fraction of sp³-hybridized carbons (Fsp3) is 0.276. The van der Waals surface area contributed by atoms with Crippen LogP contribution in [0.5, 0.6) is 0 Å². The molecule has 0 radical (unpaired) electrons. The van der Waals surface area contributed by atoms with Crippen LogP contribution in [0.25, 0.3) is 10.9 Å². The van der Waals surface area contributed by atoms with Gasteiger partial charge in [0, 0.05) is 41.4 Å². The van der Waals surface area contributed by atoms with E-state index in [2.05, 4.69) is 36.9 Å². The fourth-order valence-electron chi connectivity index (χ4n) is 5.03. The Morgan fingerprint density at radius 1 is 1.07 bits per heavy atom. The highest BCUT2D eigenvalue weighted by molar-refractivity contribution is 7.13. The summed E-state index contributed by atoms with van der Waals surface area (Å²) in [7, 11) is 0. The molecule has 5 aromatic rings. The van der Waals surface area contributed by atoms with Crippen molar-refractivity contribution in [1.82, 2.24) is 25.0 Å². The SMILES string of the molecule is N#Cc1cnc2c(Cl)cc(N[C@H](c3cn(C4COC4)nn3)c3csc(N4CCOCC4)n3)cc2c1Nc1ccc(F)c(Cl)c1. The van der Waals surface area contributed by atoms with E-state index in [9.17, 15) is 9.65 Å². The first-order valence-electron chi connectivity index (χ1n) is 13.8. The lowest BCUT2D eigenvalue weighted by Crippen LogP contribution is -2.36. The van der Waals surface area contributed by atoms with Crippen molar-refractivity contribution in [3.05, 3.63) is 80.9 Å². The van der Waals surface area contributed by atoms with Gasteiger partial charge in [0.05, 0.1) is 65.1 Å². The number of thiazole rings is 1. The predicted molar refractivity (Wildman–Crippen MR) is 167 cm³/mol. The Bertz CT molecular complexity index is 1880. The Morgan fingerprint density at radius 3 is 2.64 bits per heavy atom. The Hall–Kier alpha value is -4.06. The Balaban J connectivity index is 1.28. The molecule has 2 aliphatic rings. The van der Waals surface area contributed by atoms with Gasteiger partial charge in [-0.1, -0.05) is 28.4 Å². The summed E-state index contributed by atoms with van der Waals surface area (Å²) >= 11 is 14.4. The Kier molecular flexibility index (Phi) is 7.92. The molecule has 44 heavy (non-hydrogen) atoms. The Morgan fingerprint density at radius 2 is 1.89 bits per heavy atom. The van der Waals surface area contributed by atoms with E-state index in [1.807, 2.05) is 22.3 Å². The van der Waals surface area contributed by atoms with Crippen LogP contribution in [-0.2, 0) is 9.47 Å². The molecule has 0 unspecified atom stereocenters. The van der Waals surface area contributed by atoms with Gasteiger partial charge in [-0.05, 0) is 30.3 Å². The average molecular weight is 653 g/mol. The number of anilines is 4. The van der Waals surface area contributed by atoms with Crippen molar-refractivity contribution in [2.75, 3.05) is 55.1 Å². The van der Waals surface area contributed by atoms with Crippen molar-refractivity contribution in [1.29, 1.82) is 5.26 Å². The van der Waals surface area contributed by atoms with E-state index in [-0.39, 0.29) is 16.6 Å². The van der Waals surface area contributed by atoms with Gasteiger partial charge in [-0.2, -0.15) is 5.26 Å². The standard InChI is InChI=1S/C29H24Cl2FN9O2S/c30-21-8-17(1-2-23(21)32)35-26-16(10-33)11-34-27-20(26)7-18(9-22(27)31)36-28(24-12-41(39-38-24)19-13-43-14-19)25-15-44-29(37-25)40-3-5-42-6-4-40/h1-2,7-9,11-12,15,19,28,36H,3-6,13-14H2,(H,34,35)/t28-/m1/s1. The highest BCUT2D eigenvalue weighted by Crippen LogP contribution is 2.38. The predicted octanol–water partition coefficient (Wildman–Crippen LogP) is 5.95. The van der Waals surface area contributed by atoms with E-state index in [0.29, 0.717) is 65.1 Å². The first-order chi connectivity index (χ1) is 21.5. The number of morpholine rings is 1.